The lowest BCUT2D eigenvalue weighted by atomic mass is 9.93. The Morgan fingerprint density at radius 2 is 2.16 bits per heavy atom. The average Bonchev–Trinajstić information content (AvgIpc) is 2.27. The molecule has 1 heterocycles. The van der Waals surface area contributed by atoms with Crippen LogP contribution < -0.4 is 5.32 Å². The van der Waals surface area contributed by atoms with E-state index >= 15 is 0 Å². The Hall–Kier alpha value is -1.11. The molecule has 0 saturated carbocycles. The van der Waals surface area contributed by atoms with E-state index in [9.17, 15) is 18.9 Å². The first kappa shape index (κ1) is 15.9. The maximum Gasteiger partial charge on any atom is 0.326 e. The molecule has 0 radical (unpaired) electrons. The standard InChI is InChI=1S/C12H22N2O4S/c1-8-4-5-14(10(6-8)11(15)16)12(17)13-9(2)7-19(3)18/h8-10H,4-7H2,1-3H3,(H,13,17)(H,15,16). The van der Waals surface area contributed by atoms with Crippen molar-refractivity contribution < 1.29 is 18.9 Å². The van der Waals surface area contributed by atoms with Crippen LogP contribution in [0.3, 0.4) is 0 Å². The molecule has 0 bridgehead atoms. The third kappa shape index (κ3) is 4.81. The first-order valence-electron chi connectivity index (χ1n) is 6.41. The monoisotopic (exact) mass is 290 g/mol. The SMILES string of the molecule is CC1CCN(C(=O)NC(C)CS(C)=O)C(C(=O)O)C1. The van der Waals surface area contributed by atoms with Crippen LogP contribution in [0.2, 0.25) is 0 Å². The Bertz CT molecular complexity index is 375. The van der Waals surface area contributed by atoms with Crippen LogP contribution in [0.1, 0.15) is 26.7 Å². The quantitative estimate of drug-likeness (QED) is 0.796. The normalized spacial score (nSPS) is 26.6. The summed E-state index contributed by atoms with van der Waals surface area (Å²) in [6.07, 6.45) is 2.87. The van der Waals surface area contributed by atoms with E-state index in [-0.39, 0.29) is 12.1 Å². The van der Waals surface area contributed by atoms with Crippen molar-refractivity contribution in [3.8, 4) is 0 Å². The maximum atomic E-state index is 12.1. The number of carboxylic acids is 1. The summed E-state index contributed by atoms with van der Waals surface area (Å²) in [4.78, 5) is 24.6. The van der Waals surface area contributed by atoms with Gasteiger partial charge in [-0.1, -0.05) is 6.92 Å². The number of nitrogens with zero attached hydrogens (tertiary/aromatic N) is 1. The van der Waals surface area contributed by atoms with Crippen molar-refractivity contribution in [1.29, 1.82) is 0 Å². The molecule has 1 aliphatic rings. The summed E-state index contributed by atoms with van der Waals surface area (Å²) in [6, 6.07) is -1.37. The molecule has 1 rings (SSSR count). The molecule has 1 aliphatic heterocycles. The molecule has 2 N–H and O–H groups in total. The summed E-state index contributed by atoms with van der Waals surface area (Å²) >= 11 is 0. The van der Waals surface area contributed by atoms with Gasteiger partial charge in [0.25, 0.3) is 0 Å². The van der Waals surface area contributed by atoms with E-state index in [1.807, 2.05) is 6.92 Å². The fourth-order valence-electron chi connectivity index (χ4n) is 2.31. The van der Waals surface area contributed by atoms with Gasteiger partial charge in [-0.3, -0.25) is 4.21 Å². The molecule has 0 spiro atoms. The van der Waals surface area contributed by atoms with E-state index in [1.165, 1.54) is 4.90 Å². The number of nitrogens with one attached hydrogen (secondary N) is 1. The zero-order valence-electron chi connectivity index (χ0n) is 11.6. The highest BCUT2D eigenvalue weighted by molar-refractivity contribution is 7.84. The van der Waals surface area contributed by atoms with Crippen LogP contribution in [0.5, 0.6) is 0 Å². The largest absolute Gasteiger partial charge is 0.480 e. The molecule has 0 aliphatic carbocycles. The summed E-state index contributed by atoms with van der Waals surface area (Å²) in [5.74, 6) is -0.285. The van der Waals surface area contributed by atoms with E-state index in [2.05, 4.69) is 5.32 Å². The Labute approximate surface area is 116 Å². The summed E-state index contributed by atoms with van der Waals surface area (Å²) < 4.78 is 11.1. The highest BCUT2D eigenvalue weighted by Crippen LogP contribution is 2.22. The van der Waals surface area contributed by atoms with Gasteiger partial charge in [0.2, 0.25) is 0 Å². The van der Waals surface area contributed by atoms with Gasteiger partial charge < -0.3 is 15.3 Å². The lowest BCUT2D eigenvalue weighted by molar-refractivity contribution is -0.143. The minimum Gasteiger partial charge on any atom is -0.480 e. The second-order valence-electron chi connectivity index (χ2n) is 5.27. The summed E-state index contributed by atoms with van der Waals surface area (Å²) in [6.45, 7) is 4.21. The molecule has 7 heteroatoms. The third-order valence-electron chi connectivity index (χ3n) is 3.27. The molecule has 6 nitrogen and oxygen atoms in total. The van der Waals surface area contributed by atoms with Crippen molar-refractivity contribution in [3.63, 3.8) is 0 Å². The van der Waals surface area contributed by atoms with Gasteiger partial charge in [-0.15, -0.1) is 0 Å². The van der Waals surface area contributed by atoms with Crippen LogP contribution in [0.15, 0.2) is 0 Å². The van der Waals surface area contributed by atoms with Crippen LogP contribution >= 0.6 is 0 Å². The molecule has 2 amide bonds. The van der Waals surface area contributed by atoms with Crippen LogP contribution in [-0.4, -0.2) is 56.9 Å². The van der Waals surface area contributed by atoms with E-state index in [1.54, 1.807) is 13.2 Å². The number of likely N-dealkylation sites (tertiary alicyclic amines) is 1. The highest BCUT2D eigenvalue weighted by Gasteiger charge is 2.35. The molecule has 4 unspecified atom stereocenters. The van der Waals surface area contributed by atoms with Crippen LogP contribution in [-0.2, 0) is 15.6 Å². The van der Waals surface area contributed by atoms with Gasteiger partial charge in [0.1, 0.15) is 6.04 Å². The molecule has 1 fully saturated rings. The fraction of sp³-hybridized carbons (Fsp3) is 0.833. The number of rotatable bonds is 4. The number of hydrogen-bond donors (Lipinski definition) is 2. The van der Waals surface area contributed by atoms with E-state index in [0.717, 1.165) is 6.42 Å². The topological polar surface area (TPSA) is 86.7 Å². The van der Waals surface area contributed by atoms with Gasteiger partial charge in [0.05, 0.1) is 0 Å². The number of carbonyl (C=O) groups excluding carboxylic acids is 1. The Morgan fingerprint density at radius 3 is 2.68 bits per heavy atom. The van der Waals surface area contributed by atoms with Gasteiger partial charge in [-0.05, 0) is 25.7 Å². The van der Waals surface area contributed by atoms with Gasteiger partial charge in [-0.2, -0.15) is 0 Å². The molecular formula is C12H22N2O4S. The van der Waals surface area contributed by atoms with Crippen molar-refractivity contribution >= 4 is 22.8 Å². The number of hydrogen-bond acceptors (Lipinski definition) is 3. The van der Waals surface area contributed by atoms with Crippen molar-refractivity contribution in [2.45, 2.75) is 38.8 Å². The number of carbonyl (C=O) groups is 2. The predicted octanol–water partition coefficient (Wildman–Crippen LogP) is 0.648. The van der Waals surface area contributed by atoms with Crippen molar-refractivity contribution in [1.82, 2.24) is 10.2 Å². The Balaban J connectivity index is 2.63. The number of carboxylic acid groups (broad SMARTS) is 1. The zero-order chi connectivity index (χ0) is 14.6. The molecule has 1 saturated heterocycles. The molecule has 110 valence electrons. The number of amides is 2. The molecule has 4 atom stereocenters. The van der Waals surface area contributed by atoms with E-state index in [0.29, 0.717) is 24.6 Å². The van der Waals surface area contributed by atoms with Crippen molar-refractivity contribution in [2.75, 3.05) is 18.6 Å². The second-order valence-corrected chi connectivity index (χ2v) is 6.75. The van der Waals surface area contributed by atoms with Crippen LogP contribution in [0, 0.1) is 5.92 Å². The molecular weight excluding hydrogens is 268 g/mol. The molecule has 0 aromatic heterocycles. The van der Waals surface area contributed by atoms with Gasteiger partial charge >= 0.3 is 12.0 Å². The minimum atomic E-state index is -0.990. The van der Waals surface area contributed by atoms with Crippen LogP contribution in [0.25, 0.3) is 0 Å². The smallest absolute Gasteiger partial charge is 0.326 e. The van der Waals surface area contributed by atoms with E-state index < -0.39 is 22.8 Å². The summed E-state index contributed by atoms with van der Waals surface area (Å²) in [5.41, 5.74) is 0. The number of aliphatic carboxylic acids is 1. The Morgan fingerprint density at radius 1 is 1.53 bits per heavy atom. The highest BCUT2D eigenvalue weighted by atomic mass is 32.2. The Kier molecular flexibility index (Phi) is 5.78. The second kappa shape index (κ2) is 6.88. The summed E-state index contributed by atoms with van der Waals surface area (Å²) in [5, 5.41) is 11.9. The lowest BCUT2D eigenvalue weighted by Gasteiger charge is -2.36. The first-order valence-corrected chi connectivity index (χ1v) is 8.14. The zero-order valence-corrected chi connectivity index (χ0v) is 12.4. The van der Waals surface area contributed by atoms with Crippen molar-refractivity contribution in [3.05, 3.63) is 0 Å². The fourth-order valence-corrected chi connectivity index (χ4v) is 3.09. The van der Waals surface area contributed by atoms with Crippen molar-refractivity contribution in [2.24, 2.45) is 5.92 Å². The lowest BCUT2D eigenvalue weighted by Crippen LogP contribution is -2.55. The predicted molar refractivity (Wildman–Crippen MR) is 73.5 cm³/mol. The average molecular weight is 290 g/mol. The van der Waals surface area contributed by atoms with Gasteiger partial charge in [0.15, 0.2) is 0 Å². The third-order valence-corrected chi connectivity index (χ3v) is 4.23. The molecule has 19 heavy (non-hydrogen) atoms. The van der Waals surface area contributed by atoms with Gasteiger partial charge in [0, 0.05) is 35.4 Å². The van der Waals surface area contributed by atoms with Gasteiger partial charge in [-0.25, -0.2) is 9.59 Å². The first-order chi connectivity index (χ1) is 8.81. The number of urea groups is 1. The van der Waals surface area contributed by atoms with Crippen LogP contribution in [0.4, 0.5) is 4.79 Å². The maximum absolute atomic E-state index is 12.1. The molecule has 0 aromatic carbocycles. The van der Waals surface area contributed by atoms with E-state index in [4.69, 9.17) is 0 Å². The number of piperidine rings is 1. The minimum absolute atomic E-state index is 0.230. The molecule has 0 aromatic rings. The summed E-state index contributed by atoms with van der Waals surface area (Å²) in [7, 11) is -0.990.